The van der Waals surface area contributed by atoms with Crippen molar-refractivity contribution in [3.8, 4) is 0 Å². The Bertz CT molecular complexity index is 705. The van der Waals surface area contributed by atoms with Crippen LogP contribution < -0.4 is 10.5 Å². The minimum Gasteiger partial charge on any atom is -0.465 e. The topological polar surface area (TPSA) is 85.3 Å². The molecule has 3 N–H and O–H groups in total. The third kappa shape index (κ3) is 3.27. The average Bonchev–Trinajstić information content (AvgIpc) is 2.83. The van der Waals surface area contributed by atoms with Crippen molar-refractivity contribution in [3.63, 3.8) is 0 Å². The van der Waals surface area contributed by atoms with Gasteiger partial charge in [-0.25, -0.2) is 13.1 Å². The van der Waals surface area contributed by atoms with E-state index in [4.69, 9.17) is 10.2 Å². The molecule has 0 aliphatic rings. The van der Waals surface area contributed by atoms with Crippen LogP contribution in [0.25, 0.3) is 0 Å². The molecule has 0 atom stereocenters. The van der Waals surface area contributed by atoms with Crippen LogP contribution in [0, 0.1) is 13.8 Å². The molecule has 0 amide bonds. The summed E-state index contributed by atoms with van der Waals surface area (Å²) in [6, 6.07) is 8.73. The zero-order valence-electron chi connectivity index (χ0n) is 11.5. The summed E-state index contributed by atoms with van der Waals surface area (Å²) < 4.78 is 32.5. The molecule has 1 aromatic carbocycles. The van der Waals surface area contributed by atoms with Crippen molar-refractivity contribution in [3.05, 3.63) is 53.0 Å². The number of hydrogen-bond donors (Lipinski definition) is 2. The summed E-state index contributed by atoms with van der Waals surface area (Å²) in [5.41, 5.74) is 7.02. The Morgan fingerprint density at radius 1 is 1.20 bits per heavy atom. The average molecular weight is 294 g/mol. The van der Waals surface area contributed by atoms with Gasteiger partial charge >= 0.3 is 0 Å². The summed E-state index contributed by atoms with van der Waals surface area (Å²) >= 11 is 0. The number of hydrogen-bond acceptors (Lipinski definition) is 4. The van der Waals surface area contributed by atoms with Crippen molar-refractivity contribution in [1.82, 2.24) is 4.72 Å². The zero-order valence-corrected chi connectivity index (χ0v) is 12.3. The molecular formula is C14H18N2O3S. The monoisotopic (exact) mass is 294 g/mol. The van der Waals surface area contributed by atoms with E-state index in [2.05, 4.69) is 4.72 Å². The van der Waals surface area contributed by atoms with Gasteiger partial charge in [0.1, 0.15) is 11.5 Å². The fourth-order valence-corrected chi connectivity index (χ4v) is 3.17. The van der Waals surface area contributed by atoms with Gasteiger partial charge in [0.2, 0.25) is 10.0 Å². The standard InChI is InChI=1S/C14H18N2O3S/c1-10-3-5-12(8-15)7-14(10)20(17,18)16-9-13-6-4-11(2)19-13/h3-7,16H,8-9,15H2,1-2H3. The van der Waals surface area contributed by atoms with Gasteiger partial charge in [-0.05, 0) is 43.2 Å². The van der Waals surface area contributed by atoms with E-state index in [1.54, 1.807) is 31.2 Å². The van der Waals surface area contributed by atoms with E-state index < -0.39 is 10.0 Å². The number of nitrogens with one attached hydrogen (secondary N) is 1. The Hall–Kier alpha value is -1.63. The maximum atomic E-state index is 12.3. The normalized spacial score (nSPS) is 11.8. The van der Waals surface area contributed by atoms with Gasteiger partial charge in [0.05, 0.1) is 11.4 Å². The number of rotatable bonds is 5. The van der Waals surface area contributed by atoms with Gasteiger partial charge < -0.3 is 10.2 Å². The van der Waals surface area contributed by atoms with Crippen molar-refractivity contribution in [1.29, 1.82) is 0 Å². The molecule has 20 heavy (non-hydrogen) atoms. The lowest BCUT2D eigenvalue weighted by molar-refractivity contribution is 0.475. The maximum Gasteiger partial charge on any atom is 0.241 e. The highest BCUT2D eigenvalue weighted by Crippen LogP contribution is 2.17. The minimum absolute atomic E-state index is 0.127. The fourth-order valence-electron chi connectivity index (χ4n) is 1.89. The maximum absolute atomic E-state index is 12.3. The van der Waals surface area contributed by atoms with E-state index >= 15 is 0 Å². The van der Waals surface area contributed by atoms with Gasteiger partial charge in [-0.15, -0.1) is 0 Å². The van der Waals surface area contributed by atoms with Crippen LogP contribution in [0.5, 0.6) is 0 Å². The van der Waals surface area contributed by atoms with E-state index in [1.807, 2.05) is 13.0 Å². The van der Waals surface area contributed by atoms with E-state index in [9.17, 15) is 8.42 Å². The van der Waals surface area contributed by atoms with Crippen LogP contribution in [0.15, 0.2) is 39.6 Å². The molecule has 0 aliphatic heterocycles. The molecule has 2 rings (SSSR count). The van der Waals surface area contributed by atoms with Gasteiger partial charge in [0.15, 0.2) is 0 Å². The van der Waals surface area contributed by atoms with Crippen LogP contribution in [-0.2, 0) is 23.1 Å². The van der Waals surface area contributed by atoms with E-state index in [0.29, 0.717) is 17.9 Å². The lowest BCUT2D eigenvalue weighted by Gasteiger charge is -2.10. The highest BCUT2D eigenvalue weighted by Gasteiger charge is 2.17. The number of sulfonamides is 1. The predicted octanol–water partition coefficient (Wildman–Crippen LogP) is 1.83. The molecule has 1 aromatic heterocycles. The number of aryl methyl sites for hydroxylation is 2. The number of nitrogens with two attached hydrogens (primary N) is 1. The van der Waals surface area contributed by atoms with Crippen LogP contribution in [0.2, 0.25) is 0 Å². The third-order valence-electron chi connectivity index (χ3n) is 3.01. The van der Waals surface area contributed by atoms with Crippen molar-refractivity contribution in [2.24, 2.45) is 5.73 Å². The Morgan fingerprint density at radius 2 is 1.95 bits per heavy atom. The number of furan rings is 1. The summed E-state index contributed by atoms with van der Waals surface area (Å²) in [5.74, 6) is 1.33. The van der Waals surface area contributed by atoms with E-state index in [0.717, 1.165) is 11.3 Å². The second kappa shape index (κ2) is 5.78. The van der Waals surface area contributed by atoms with Gasteiger partial charge in [0, 0.05) is 6.54 Å². The summed E-state index contributed by atoms with van der Waals surface area (Å²) in [4.78, 5) is 0.253. The Morgan fingerprint density at radius 3 is 2.55 bits per heavy atom. The molecule has 0 aliphatic carbocycles. The SMILES string of the molecule is Cc1ccc(CNS(=O)(=O)c2cc(CN)ccc2C)o1. The lowest BCUT2D eigenvalue weighted by atomic mass is 10.1. The first kappa shape index (κ1) is 14.8. The molecule has 0 saturated carbocycles. The van der Waals surface area contributed by atoms with Crippen molar-refractivity contribution < 1.29 is 12.8 Å². The van der Waals surface area contributed by atoms with Crippen molar-refractivity contribution in [2.45, 2.75) is 31.8 Å². The molecule has 108 valence electrons. The second-order valence-electron chi connectivity index (χ2n) is 4.64. The van der Waals surface area contributed by atoms with Crippen LogP contribution in [0.4, 0.5) is 0 Å². The zero-order chi connectivity index (χ0) is 14.8. The van der Waals surface area contributed by atoms with Crippen LogP contribution >= 0.6 is 0 Å². The summed E-state index contributed by atoms with van der Waals surface area (Å²) in [6.45, 7) is 4.00. The highest BCUT2D eigenvalue weighted by atomic mass is 32.2. The summed E-state index contributed by atoms with van der Waals surface area (Å²) in [6.07, 6.45) is 0. The Kier molecular flexibility index (Phi) is 4.27. The first-order valence-corrected chi connectivity index (χ1v) is 7.75. The Balaban J connectivity index is 2.21. The molecule has 2 aromatic rings. The van der Waals surface area contributed by atoms with Crippen molar-refractivity contribution in [2.75, 3.05) is 0 Å². The lowest BCUT2D eigenvalue weighted by Crippen LogP contribution is -2.24. The fraction of sp³-hybridized carbons (Fsp3) is 0.286. The van der Waals surface area contributed by atoms with Crippen LogP contribution in [0.1, 0.15) is 22.6 Å². The smallest absolute Gasteiger partial charge is 0.241 e. The molecule has 0 saturated heterocycles. The second-order valence-corrected chi connectivity index (χ2v) is 6.38. The van der Waals surface area contributed by atoms with Gasteiger partial charge in [-0.1, -0.05) is 12.1 Å². The minimum atomic E-state index is -3.58. The third-order valence-corrected chi connectivity index (χ3v) is 4.55. The van der Waals surface area contributed by atoms with Crippen molar-refractivity contribution >= 4 is 10.0 Å². The quantitative estimate of drug-likeness (QED) is 0.881. The Labute approximate surface area is 118 Å². The molecule has 0 spiro atoms. The molecule has 0 fully saturated rings. The summed E-state index contributed by atoms with van der Waals surface area (Å²) in [5, 5.41) is 0. The van der Waals surface area contributed by atoms with Gasteiger partial charge in [-0.3, -0.25) is 0 Å². The van der Waals surface area contributed by atoms with Crippen LogP contribution in [-0.4, -0.2) is 8.42 Å². The molecule has 1 heterocycles. The van der Waals surface area contributed by atoms with E-state index in [-0.39, 0.29) is 11.4 Å². The molecular weight excluding hydrogens is 276 g/mol. The first-order chi connectivity index (χ1) is 9.42. The molecule has 5 nitrogen and oxygen atoms in total. The molecule has 0 unspecified atom stereocenters. The number of benzene rings is 1. The highest BCUT2D eigenvalue weighted by molar-refractivity contribution is 7.89. The molecule has 0 radical (unpaired) electrons. The summed E-state index contributed by atoms with van der Waals surface area (Å²) in [7, 11) is -3.58. The predicted molar refractivity (Wildman–Crippen MR) is 76.5 cm³/mol. The molecule has 0 bridgehead atoms. The molecule has 6 heteroatoms. The van der Waals surface area contributed by atoms with E-state index in [1.165, 1.54) is 0 Å². The first-order valence-electron chi connectivity index (χ1n) is 6.27. The largest absolute Gasteiger partial charge is 0.465 e. The van der Waals surface area contributed by atoms with Gasteiger partial charge in [0.25, 0.3) is 0 Å². The van der Waals surface area contributed by atoms with Crippen LogP contribution in [0.3, 0.4) is 0 Å². The van der Waals surface area contributed by atoms with Gasteiger partial charge in [-0.2, -0.15) is 0 Å².